The molecule has 2 aliphatic rings. The number of aliphatic hydroxyl groups excluding tert-OH is 4. The Morgan fingerprint density at radius 3 is 2.38 bits per heavy atom. The Morgan fingerprint density at radius 1 is 0.938 bits per heavy atom. The van der Waals surface area contributed by atoms with Crippen molar-refractivity contribution < 1.29 is 34.6 Å². The highest BCUT2D eigenvalue weighted by Crippen LogP contribution is 2.34. The van der Waals surface area contributed by atoms with Crippen molar-refractivity contribution in [3.63, 3.8) is 0 Å². The number of hydrogen-bond acceptors (Lipinski definition) is 7. The maximum absolute atomic E-state index is 10.4. The van der Waals surface area contributed by atoms with Crippen molar-refractivity contribution in [1.29, 1.82) is 0 Å². The maximum Gasteiger partial charge on any atom is 0.119 e. The summed E-state index contributed by atoms with van der Waals surface area (Å²) in [5.74, 6) is 0.794. The molecule has 1 saturated heterocycles. The molecule has 2 fully saturated rings. The lowest BCUT2D eigenvalue weighted by molar-refractivity contribution is -0.231. The number of halogens is 1. The molecule has 2 aromatic carbocycles. The fourth-order valence-corrected chi connectivity index (χ4v) is 4.20. The summed E-state index contributed by atoms with van der Waals surface area (Å²) < 4.78 is 17.9. The Morgan fingerprint density at radius 2 is 1.69 bits per heavy atom. The number of benzene rings is 2. The third-order valence-electron chi connectivity index (χ3n) is 5.84. The zero-order valence-corrected chi connectivity index (χ0v) is 19.2. The van der Waals surface area contributed by atoms with E-state index in [1.54, 1.807) is 6.07 Å². The van der Waals surface area contributed by atoms with E-state index < -0.39 is 37.1 Å². The van der Waals surface area contributed by atoms with Crippen LogP contribution in [0.5, 0.6) is 5.75 Å². The summed E-state index contributed by atoms with van der Waals surface area (Å²) in [6, 6.07) is 13.4. The van der Waals surface area contributed by atoms with Crippen LogP contribution in [0.4, 0.5) is 0 Å². The van der Waals surface area contributed by atoms with Gasteiger partial charge in [-0.15, -0.1) is 0 Å². The van der Waals surface area contributed by atoms with Crippen LogP contribution >= 0.6 is 15.9 Å². The number of hydrogen-bond donors (Lipinski definition) is 4. The Kier molecular flexibility index (Phi) is 7.83. The molecular formula is C24H29BrO7. The van der Waals surface area contributed by atoms with E-state index in [2.05, 4.69) is 15.9 Å². The first-order chi connectivity index (χ1) is 15.5. The van der Waals surface area contributed by atoms with Gasteiger partial charge < -0.3 is 34.6 Å². The molecular weight excluding hydrogens is 480 g/mol. The summed E-state index contributed by atoms with van der Waals surface area (Å²) in [7, 11) is 0. The molecule has 32 heavy (non-hydrogen) atoms. The first-order valence-corrected chi connectivity index (χ1v) is 11.7. The third-order valence-corrected chi connectivity index (χ3v) is 6.61. The Balaban J connectivity index is 1.41. The van der Waals surface area contributed by atoms with Crippen molar-refractivity contribution in [3.05, 3.63) is 63.6 Å². The van der Waals surface area contributed by atoms with Gasteiger partial charge in [0.25, 0.3) is 0 Å². The van der Waals surface area contributed by atoms with Crippen LogP contribution in [-0.4, -0.2) is 70.8 Å². The average Bonchev–Trinajstić information content (AvgIpc) is 3.63. The van der Waals surface area contributed by atoms with E-state index in [0.717, 1.165) is 34.2 Å². The normalized spacial score (nSPS) is 28.0. The summed E-state index contributed by atoms with van der Waals surface area (Å²) in [5, 5.41) is 40.0. The fourth-order valence-electron chi connectivity index (χ4n) is 3.82. The quantitative estimate of drug-likeness (QED) is 0.384. The third kappa shape index (κ3) is 5.69. The van der Waals surface area contributed by atoms with Gasteiger partial charge >= 0.3 is 0 Å². The number of rotatable bonds is 9. The zero-order valence-electron chi connectivity index (χ0n) is 17.6. The lowest BCUT2D eigenvalue weighted by Crippen LogP contribution is -2.55. The minimum absolute atomic E-state index is 0.429. The van der Waals surface area contributed by atoms with E-state index in [4.69, 9.17) is 14.2 Å². The van der Waals surface area contributed by atoms with Crippen molar-refractivity contribution in [3.8, 4) is 5.75 Å². The molecule has 8 heteroatoms. The van der Waals surface area contributed by atoms with Crippen molar-refractivity contribution in [1.82, 2.24) is 0 Å². The topological polar surface area (TPSA) is 109 Å². The maximum atomic E-state index is 10.4. The molecule has 5 atom stereocenters. The number of ether oxygens (including phenoxy) is 3. The second-order valence-electron chi connectivity index (χ2n) is 8.34. The van der Waals surface area contributed by atoms with Gasteiger partial charge in [0.1, 0.15) is 42.9 Å². The van der Waals surface area contributed by atoms with Crippen molar-refractivity contribution in [2.24, 2.45) is 0 Å². The molecule has 1 saturated carbocycles. The van der Waals surface area contributed by atoms with Crippen molar-refractivity contribution >= 4 is 15.9 Å². The van der Waals surface area contributed by atoms with E-state index in [-0.39, 0.29) is 0 Å². The molecule has 0 spiro atoms. The van der Waals surface area contributed by atoms with Gasteiger partial charge in [0.15, 0.2) is 0 Å². The van der Waals surface area contributed by atoms with E-state index in [9.17, 15) is 20.4 Å². The predicted molar refractivity (Wildman–Crippen MR) is 121 cm³/mol. The monoisotopic (exact) mass is 508 g/mol. The summed E-state index contributed by atoms with van der Waals surface area (Å²) >= 11 is 3.58. The van der Waals surface area contributed by atoms with Gasteiger partial charge in [-0.3, -0.25) is 0 Å². The van der Waals surface area contributed by atoms with Gasteiger partial charge in [0.05, 0.1) is 19.3 Å². The molecule has 0 bridgehead atoms. The van der Waals surface area contributed by atoms with Gasteiger partial charge in [0.2, 0.25) is 0 Å². The van der Waals surface area contributed by atoms with E-state index in [1.807, 2.05) is 36.4 Å². The van der Waals surface area contributed by atoms with Crippen LogP contribution in [0.15, 0.2) is 46.9 Å². The Bertz CT molecular complexity index is 884. The van der Waals surface area contributed by atoms with E-state index in [1.165, 1.54) is 0 Å². The van der Waals surface area contributed by atoms with Crippen LogP contribution < -0.4 is 4.74 Å². The summed E-state index contributed by atoms with van der Waals surface area (Å²) in [6.45, 7) is 0.679. The highest BCUT2D eigenvalue weighted by Gasteiger charge is 2.44. The van der Waals surface area contributed by atoms with Crippen LogP contribution in [-0.2, 0) is 15.9 Å². The van der Waals surface area contributed by atoms with Gasteiger partial charge in [0, 0.05) is 4.47 Å². The lowest BCUT2D eigenvalue weighted by Gasteiger charge is -2.40. The minimum atomic E-state index is -1.40. The molecule has 0 aromatic heterocycles. The molecule has 2 aromatic rings. The van der Waals surface area contributed by atoms with Crippen LogP contribution in [0.1, 0.15) is 35.6 Å². The molecule has 1 heterocycles. The highest BCUT2D eigenvalue weighted by molar-refractivity contribution is 9.10. The molecule has 0 unspecified atom stereocenters. The Hall–Kier alpha value is -1.52. The summed E-state index contributed by atoms with van der Waals surface area (Å²) in [6.07, 6.45) is -2.50. The van der Waals surface area contributed by atoms with Crippen molar-refractivity contribution in [2.45, 2.75) is 55.9 Å². The van der Waals surface area contributed by atoms with Gasteiger partial charge in [-0.05, 0) is 54.2 Å². The molecule has 4 N–H and O–H groups in total. The summed E-state index contributed by atoms with van der Waals surface area (Å²) in [4.78, 5) is 0. The van der Waals surface area contributed by atoms with Crippen LogP contribution in [0.2, 0.25) is 0 Å². The molecule has 7 nitrogen and oxygen atoms in total. The summed E-state index contributed by atoms with van der Waals surface area (Å²) in [5.41, 5.74) is 2.72. The lowest BCUT2D eigenvalue weighted by atomic mass is 9.90. The standard InChI is InChI=1S/C24H29BrO7/c25-19-8-3-15(24-23(29)22(28)21(27)20(13-26)32-24)12-16(19)11-14-1-4-17(5-2-14)30-9-10-31-18-6-7-18/h1-5,8,12,18,20-24,26-29H,6-7,9-11,13H2/t20-,21-,22+,23-,24-/m1/s1. The van der Waals surface area contributed by atoms with Crippen LogP contribution in [0, 0.1) is 0 Å². The molecule has 4 rings (SSSR count). The van der Waals surface area contributed by atoms with E-state index in [0.29, 0.717) is 31.3 Å². The Labute approximate surface area is 195 Å². The highest BCUT2D eigenvalue weighted by atomic mass is 79.9. The molecule has 0 radical (unpaired) electrons. The van der Waals surface area contributed by atoms with Gasteiger partial charge in [-0.1, -0.05) is 40.2 Å². The number of aliphatic hydroxyl groups is 4. The second kappa shape index (κ2) is 10.6. The van der Waals surface area contributed by atoms with Crippen LogP contribution in [0.25, 0.3) is 0 Å². The molecule has 1 aliphatic carbocycles. The zero-order chi connectivity index (χ0) is 22.7. The molecule has 0 amide bonds. The molecule has 1 aliphatic heterocycles. The van der Waals surface area contributed by atoms with Crippen molar-refractivity contribution in [2.75, 3.05) is 19.8 Å². The van der Waals surface area contributed by atoms with Gasteiger partial charge in [-0.25, -0.2) is 0 Å². The van der Waals surface area contributed by atoms with Crippen LogP contribution in [0.3, 0.4) is 0 Å². The minimum Gasteiger partial charge on any atom is -0.491 e. The molecule has 174 valence electrons. The van der Waals surface area contributed by atoms with Gasteiger partial charge in [-0.2, -0.15) is 0 Å². The van der Waals surface area contributed by atoms with E-state index >= 15 is 0 Å². The predicted octanol–water partition coefficient (Wildman–Crippen LogP) is 2.11. The average molecular weight is 509 g/mol. The SMILES string of the molecule is OC[C@H]1O[C@H](c2ccc(Br)c(Cc3ccc(OCCOC4CC4)cc3)c2)[C@H](O)[C@@H](O)[C@@H]1O. The second-order valence-corrected chi connectivity index (χ2v) is 9.19. The smallest absolute Gasteiger partial charge is 0.119 e. The first kappa shape index (κ1) is 23.6. The largest absolute Gasteiger partial charge is 0.491 e. The fraction of sp³-hybridized carbons (Fsp3) is 0.500. The first-order valence-electron chi connectivity index (χ1n) is 10.9.